The van der Waals surface area contributed by atoms with Crippen molar-refractivity contribution in [3.05, 3.63) is 89.6 Å². The van der Waals surface area contributed by atoms with Crippen molar-refractivity contribution < 1.29 is 32.6 Å². The van der Waals surface area contributed by atoms with E-state index in [1.54, 1.807) is 68.4 Å². The number of methoxy groups -OCH3 is 1. The molecule has 4 aromatic rings. The molecule has 0 fully saturated rings. The molecule has 208 valence electrons. The minimum Gasteiger partial charge on any atom is -0.497 e. The van der Waals surface area contributed by atoms with Crippen LogP contribution in [0.1, 0.15) is 40.3 Å². The van der Waals surface area contributed by atoms with Crippen molar-refractivity contribution in [1.82, 2.24) is 14.5 Å². The van der Waals surface area contributed by atoms with Crippen LogP contribution in [0.25, 0.3) is 5.69 Å². The number of anilines is 1. The molecule has 1 aromatic heterocycles. The highest BCUT2D eigenvalue weighted by Gasteiger charge is 2.27. The van der Waals surface area contributed by atoms with Gasteiger partial charge in [-0.15, -0.1) is 0 Å². The number of sulfonamides is 1. The Labute approximate surface area is 231 Å². The smallest absolute Gasteiger partial charge is 0.356 e. The maximum atomic E-state index is 13.4. The molecule has 1 amide bonds. The lowest BCUT2D eigenvalue weighted by Crippen LogP contribution is -2.30. The minimum absolute atomic E-state index is 0.0257. The Bertz CT molecular complexity index is 1670. The molecule has 0 saturated heterocycles. The van der Waals surface area contributed by atoms with Gasteiger partial charge in [-0.3, -0.25) is 4.79 Å². The highest BCUT2D eigenvalue weighted by atomic mass is 32.2. The average Bonchev–Trinajstić information content (AvgIpc) is 3.25. The van der Waals surface area contributed by atoms with E-state index in [4.69, 9.17) is 9.47 Å². The average molecular weight is 565 g/mol. The number of nitrogens with one attached hydrogen (secondary N) is 2. The molecule has 0 aliphatic heterocycles. The maximum Gasteiger partial charge on any atom is 0.356 e. The second-order valence-corrected chi connectivity index (χ2v) is 10.7. The zero-order valence-electron chi connectivity index (χ0n) is 22.2. The summed E-state index contributed by atoms with van der Waals surface area (Å²) in [4.78, 5) is 24.5. The molecule has 0 aliphatic rings. The van der Waals surface area contributed by atoms with Crippen molar-refractivity contribution in [2.24, 2.45) is 0 Å². The number of nitrogens with zero attached hydrogens (tertiary/aromatic N) is 2. The first kappa shape index (κ1) is 28.3. The van der Waals surface area contributed by atoms with Crippen LogP contribution in [-0.2, 0) is 10.0 Å². The fourth-order valence-electron chi connectivity index (χ4n) is 3.87. The van der Waals surface area contributed by atoms with E-state index in [2.05, 4.69) is 15.1 Å². The number of carbonyl (C=O) groups excluding carboxylic acids is 1. The molecule has 0 spiro atoms. The normalized spacial score (nSPS) is 11.3. The van der Waals surface area contributed by atoms with Crippen LogP contribution in [0, 0.1) is 6.92 Å². The topological polar surface area (TPSA) is 149 Å². The summed E-state index contributed by atoms with van der Waals surface area (Å²) in [6, 6.07) is 18.9. The quantitative estimate of drug-likeness (QED) is 0.253. The van der Waals surface area contributed by atoms with E-state index in [-0.39, 0.29) is 33.5 Å². The van der Waals surface area contributed by atoms with Gasteiger partial charge in [0.1, 0.15) is 16.4 Å². The summed E-state index contributed by atoms with van der Waals surface area (Å²) in [5.41, 5.74) is 0.981. The first-order valence-electron chi connectivity index (χ1n) is 12.2. The van der Waals surface area contributed by atoms with Crippen molar-refractivity contribution in [3.63, 3.8) is 0 Å². The molecule has 0 saturated carbocycles. The van der Waals surface area contributed by atoms with Gasteiger partial charge in [-0.05, 0) is 69.3 Å². The number of rotatable bonds is 10. The van der Waals surface area contributed by atoms with E-state index in [0.29, 0.717) is 17.0 Å². The Morgan fingerprint density at radius 3 is 2.38 bits per heavy atom. The molecule has 1 heterocycles. The molecule has 0 unspecified atom stereocenters. The molecule has 0 atom stereocenters. The van der Waals surface area contributed by atoms with Gasteiger partial charge in [0.2, 0.25) is 15.9 Å². The van der Waals surface area contributed by atoms with Crippen molar-refractivity contribution in [1.29, 1.82) is 0 Å². The number of hydrogen-bond donors (Lipinski definition) is 3. The molecule has 11 nitrogen and oxygen atoms in total. The Morgan fingerprint density at radius 2 is 1.73 bits per heavy atom. The number of carbonyl (C=O) groups is 2. The van der Waals surface area contributed by atoms with Gasteiger partial charge in [0.25, 0.3) is 5.91 Å². The summed E-state index contributed by atoms with van der Waals surface area (Å²) in [6.07, 6.45) is 0. The molecular weight excluding hydrogens is 536 g/mol. The minimum atomic E-state index is -4.14. The third kappa shape index (κ3) is 6.14. The Hall–Kier alpha value is -4.68. The number of ether oxygens (including phenoxy) is 2. The van der Waals surface area contributed by atoms with Crippen LogP contribution in [0.3, 0.4) is 0 Å². The summed E-state index contributed by atoms with van der Waals surface area (Å²) in [7, 11) is -2.65. The van der Waals surface area contributed by atoms with Crippen LogP contribution < -0.4 is 19.5 Å². The molecule has 4 rings (SSSR count). The number of carboxylic acids is 1. The van der Waals surface area contributed by atoms with E-state index < -0.39 is 27.9 Å². The summed E-state index contributed by atoms with van der Waals surface area (Å²) >= 11 is 0. The van der Waals surface area contributed by atoms with Crippen molar-refractivity contribution in [3.8, 4) is 23.1 Å². The Balaban J connectivity index is 1.79. The van der Waals surface area contributed by atoms with Crippen molar-refractivity contribution in [2.75, 3.05) is 12.4 Å². The van der Waals surface area contributed by atoms with Crippen molar-refractivity contribution in [2.45, 2.75) is 31.7 Å². The molecule has 3 N–H and O–H groups in total. The standard InChI is InChI=1S/C28H28N4O7S/c1-17(2)31-40(36,37)24-16-20(29-26(33)19-9-8-12-22(15-19)38-4)13-14-23(24)39-27-18(3)25(28(34)35)30-32(27)21-10-6-5-7-11-21/h5-17,31H,1-4H3,(H,29,33)(H,34,35). The molecule has 12 heteroatoms. The zero-order chi connectivity index (χ0) is 29.0. The van der Waals surface area contributed by atoms with Crippen LogP contribution in [0.5, 0.6) is 17.4 Å². The molecule has 3 aromatic carbocycles. The third-order valence-electron chi connectivity index (χ3n) is 5.69. The van der Waals surface area contributed by atoms with Crippen LogP contribution in [0.15, 0.2) is 77.7 Å². The lowest BCUT2D eigenvalue weighted by molar-refractivity contribution is 0.0689. The van der Waals surface area contributed by atoms with Gasteiger partial charge in [-0.25, -0.2) is 17.9 Å². The second kappa shape index (κ2) is 11.6. The summed E-state index contributed by atoms with van der Waals surface area (Å²) in [6.45, 7) is 4.86. The first-order valence-corrected chi connectivity index (χ1v) is 13.7. The Kier molecular flexibility index (Phi) is 8.21. The molecule has 0 aliphatic carbocycles. The zero-order valence-corrected chi connectivity index (χ0v) is 23.0. The maximum absolute atomic E-state index is 13.4. The third-order valence-corrected chi connectivity index (χ3v) is 7.37. The summed E-state index contributed by atoms with van der Waals surface area (Å²) < 4.78 is 41.8. The second-order valence-electron chi connectivity index (χ2n) is 9.06. The first-order chi connectivity index (χ1) is 19.0. The SMILES string of the molecule is COc1cccc(C(=O)Nc2ccc(Oc3c(C)c(C(=O)O)nn3-c3ccccc3)c(S(=O)(=O)NC(C)C)c2)c1. The van der Waals surface area contributed by atoms with Gasteiger partial charge in [0.15, 0.2) is 5.69 Å². The lowest BCUT2D eigenvalue weighted by Gasteiger charge is -2.17. The van der Waals surface area contributed by atoms with E-state index in [1.165, 1.54) is 36.9 Å². The lowest BCUT2D eigenvalue weighted by atomic mass is 10.2. The molecular formula is C28H28N4O7S. The predicted molar refractivity (Wildman–Crippen MR) is 148 cm³/mol. The van der Waals surface area contributed by atoms with Gasteiger partial charge in [-0.1, -0.05) is 24.3 Å². The Morgan fingerprint density at radius 1 is 1.00 bits per heavy atom. The van der Waals surface area contributed by atoms with Gasteiger partial charge >= 0.3 is 5.97 Å². The highest BCUT2D eigenvalue weighted by molar-refractivity contribution is 7.89. The summed E-state index contributed by atoms with van der Waals surface area (Å²) in [5, 5.41) is 16.5. The number of aromatic carboxylic acids is 1. The van der Waals surface area contributed by atoms with Crippen LogP contribution in [0.2, 0.25) is 0 Å². The van der Waals surface area contributed by atoms with Gasteiger partial charge in [0.05, 0.1) is 12.8 Å². The monoisotopic (exact) mass is 564 g/mol. The highest BCUT2D eigenvalue weighted by Crippen LogP contribution is 2.35. The number of aromatic nitrogens is 2. The summed E-state index contributed by atoms with van der Waals surface area (Å²) in [5.74, 6) is -1.31. The molecule has 0 bridgehead atoms. The van der Waals surface area contributed by atoms with E-state index >= 15 is 0 Å². The molecule has 40 heavy (non-hydrogen) atoms. The number of hydrogen-bond acceptors (Lipinski definition) is 7. The largest absolute Gasteiger partial charge is 0.497 e. The van der Waals surface area contributed by atoms with Gasteiger partial charge in [0, 0.05) is 22.9 Å². The van der Waals surface area contributed by atoms with Crippen LogP contribution in [0.4, 0.5) is 5.69 Å². The number of benzene rings is 3. The molecule has 0 radical (unpaired) electrons. The van der Waals surface area contributed by atoms with Crippen LogP contribution in [-0.4, -0.2) is 48.3 Å². The fourth-order valence-corrected chi connectivity index (χ4v) is 5.28. The fraction of sp³-hybridized carbons (Fsp3) is 0.179. The number of para-hydroxylation sites is 1. The van der Waals surface area contributed by atoms with Gasteiger partial charge in [-0.2, -0.15) is 9.78 Å². The predicted octanol–water partition coefficient (Wildman–Crippen LogP) is 4.62. The van der Waals surface area contributed by atoms with Gasteiger partial charge < -0.3 is 19.9 Å². The number of carboxylic acid groups (broad SMARTS) is 1. The van der Waals surface area contributed by atoms with Crippen molar-refractivity contribution >= 4 is 27.6 Å². The van der Waals surface area contributed by atoms with E-state index in [1.807, 2.05) is 0 Å². The van der Waals surface area contributed by atoms with Crippen LogP contribution >= 0.6 is 0 Å². The van der Waals surface area contributed by atoms with E-state index in [9.17, 15) is 23.1 Å². The number of amides is 1. The van der Waals surface area contributed by atoms with E-state index in [0.717, 1.165) is 0 Å².